The van der Waals surface area contributed by atoms with Gasteiger partial charge >= 0.3 is 0 Å². The third-order valence-corrected chi connectivity index (χ3v) is 4.74. The molecule has 5 heteroatoms. The van der Waals surface area contributed by atoms with Gasteiger partial charge in [0, 0.05) is 30.8 Å². The lowest BCUT2D eigenvalue weighted by Gasteiger charge is -2.38. The molecular weight excluding hydrogens is 276 g/mol. The van der Waals surface area contributed by atoms with Gasteiger partial charge in [0.1, 0.15) is 0 Å². The molecular formula is C15H21ClN2O2. The van der Waals surface area contributed by atoms with Gasteiger partial charge in [0.25, 0.3) is 11.5 Å². The average Bonchev–Trinajstić information content (AvgIpc) is 2.44. The third kappa shape index (κ3) is 3.23. The van der Waals surface area contributed by atoms with Crippen LogP contribution in [0.15, 0.2) is 23.1 Å². The van der Waals surface area contributed by atoms with E-state index in [9.17, 15) is 9.59 Å². The molecule has 0 spiro atoms. The van der Waals surface area contributed by atoms with Crippen molar-refractivity contribution in [1.82, 2.24) is 9.88 Å². The highest BCUT2D eigenvalue weighted by Gasteiger charge is 2.35. The first kappa shape index (κ1) is 15.1. The zero-order valence-corrected chi connectivity index (χ0v) is 12.7. The molecule has 0 aromatic carbocycles. The number of aromatic nitrogens is 1. The molecule has 1 aliphatic carbocycles. The smallest absolute Gasteiger partial charge is 0.252 e. The van der Waals surface area contributed by atoms with Gasteiger partial charge in [0.2, 0.25) is 0 Å². The van der Waals surface area contributed by atoms with E-state index in [0.717, 1.165) is 25.7 Å². The summed E-state index contributed by atoms with van der Waals surface area (Å²) in [5, 5.41) is 3.05. The van der Waals surface area contributed by atoms with Gasteiger partial charge in [-0.2, -0.15) is 0 Å². The van der Waals surface area contributed by atoms with Crippen LogP contribution in [-0.4, -0.2) is 21.9 Å². The number of rotatable bonds is 3. The number of halogens is 1. The molecule has 1 heterocycles. The van der Waals surface area contributed by atoms with Gasteiger partial charge in [0.15, 0.2) is 0 Å². The molecule has 0 aliphatic heterocycles. The Kier molecular flexibility index (Phi) is 4.53. The largest absolute Gasteiger partial charge is 0.345 e. The zero-order chi connectivity index (χ0) is 14.8. The van der Waals surface area contributed by atoms with Crippen LogP contribution in [0.25, 0.3) is 0 Å². The average molecular weight is 297 g/mol. The number of hydrogen-bond acceptors (Lipinski definition) is 2. The van der Waals surface area contributed by atoms with Crippen molar-refractivity contribution in [2.45, 2.75) is 38.1 Å². The van der Waals surface area contributed by atoms with Gasteiger partial charge in [-0.1, -0.05) is 6.92 Å². The molecule has 0 radical (unpaired) electrons. The van der Waals surface area contributed by atoms with Crippen molar-refractivity contribution < 1.29 is 4.79 Å². The highest BCUT2D eigenvalue weighted by atomic mass is 35.5. The predicted molar refractivity (Wildman–Crippen MR) is 80.2 cm³/mol. The number of hydrogen-bond donors (Lipinski definition) is 1. The number of amides is 1. The lowest BCUT2D eigenvalue weighted by Crippen LogP contribution is -2.52. The van der Waals surface area contributed by atoms with Crippen LogP contribution < -0.4 is 10.9 Å². The maximum atomic E-state index is 12.3. The van der Waals surface area contributed by atoms with Crippen LogP contribution in [0.1, 0.15) is 43.0 Å². The van der Waals surface area contributed by atoms with Crippen molar-refractivity contribution >= 4 is 17.5 Å². The molecule has 1 N–H and O–H groups in total. The molecule has 1 fully saturated rings. The molecule has 0 bridgehead atoms. The summed E-state index contributed by atoms with van der Waals surface area (Å²) >= 11 is 6.09. The highest BCUT2D eigenvalue weighted by molar-refractivity contribution is 6.19. The zero-order valence-electron chi connectivity index (χ0n) is 12.0. The number of nitrogens with zero attached hydrogens (tertiary/aromatic N) is 1. The molecule has 2 rings (SSSR count). The van der Waals surface area contributed by atoms with Crippen LogP contribution in [0, 0.1) is 5.92 Å². The number of nitrogens with one attached hydrogen (secondary N) is 1. The Balaban J connectivity index is 2.13. The van der Waals surface area contributed by atoms with Crippen molar-refractivity contribution in [2.75, 3.05) is 5.88 Å². The fraction of sp³-hybridized carbons (Fsp3) is 0.600. The van der Waals surface area contributed by atoms with E-state index in [-0.39, 0.29) is 17.0 Å². The second-order valence-electron chi connectivity index (χ2n) is 5.92. The Hall–Kier alpha value is -1.29. The summed E-state index contributed by atoms with van der Waals surface area (Å²) in [7, 11) is 1.66. The minimum atomic E-state index is -0.327. The normalized spacial score (nSPS) is 26.2. The van der Waals surface area contributed by atoms with E-state index in [0.29, 0.717) is 17.4 Å². The second-order valence-corrected chi connectivity index (χ2v) is 6.18. The Morgan fingerprint density at radius 2 is 2.15 bits per heavy atom. The number of carbonyl (C=O) groups is 1. The molecule has 1 aliphatic rings. The number of alkyl halides is 1. The molecule has 0 unspecified atom stereocenters. The first-order chi connectivity index (χ1) is 9.46. The lowest BCUT2D eigenvalue weighted by atomic mass is 9.78. The van der Waals surface area contributed by atoms with Gasteiger partial charge < -0.3 is 9.88 Å². The van der Waals surface area contributed by atoms with Gasteiger partial charge in [0.05, 0.1) is 5.54 Å². The van der Waals surface area contributed by atoms with Crippen LogP contribution in [0.2, 0.25) is 0 Å². The summed E-state index contributed by atoms with van der Waals surface area (Å²) in [5.74, 6) is 0.890. The molecule has 0 atom stereocenters. The van der Waals surface area contributed by atoms with Crippen molar-refractivity contribution in [1.29, 1.82) is 0 Å². The lowest BCUT2D eigenvalue weighted by molar-refractivity contribution is 0.0872. The molecule has 110 valence electrons. The van der Waals surface area contributed by atoms with E-state index in [1.54, 1.807) is 19.3 Å². The van der Waals surface area contributed by atoms with Crippen LogP contribution in [0.5, 0.6) is 0 Å². The van der Waals surface area contributed by atoms with Crippen LogP contribution >= 0.6 is 11.6 Å². The summed E-state index contributed by atoms with van der Waals surface area (Å²) in [5.41, 5.74) is -0.113. The second kappa shape index (κ2) is 6.00. The first-order valence-corrected chi connectivity index (χ1v) is 7.54. The van der Waals surface area contributed by atoms with Gasteiger partial charge in [-0.05, 0) is 37.7 Å². The Morgan fingerprint density at radius 1 is 1.50 bits per heavy atom. The molecule has 1 amide bonds. The minimum Gasteiger partial charge on any atom is -0.345 e. The summed E-state index contributed by atoms with van der Waals surface area (Å²) in [6.45, 7) is 2.22. The molecule has 1 saturated carbocycles. The maximum absolute atomic E-state index is 12.3. The summed E-state index contributed by atoms with van der Waals surface area (Å²) < 4.78 is 1.44. The Bertz CT molecular complexity index is 545. The number of carbonyl (C=O) groups excluding carboxylic acids is 1. The molecule has 20 heavy (non-hydrogen) atoms. The van der Waals surface area contributed by atoms with Gasteiger partial charge in [-0.3, -0.25) is 9.59 Å². The Morgan fingerprint density at radius 3 is 2.70 bits per heavy atom. The molecule has 1 aromatic rings. The van der Waals surface area contributed by atoms with Gasteiger partial charge in [-0.15, -0.1) is 11.6 Å². The van der Waals surface area contributed by atoms with E-state index in [4.69, 9.17) is 11.6 Å². The fourth-order valence-corrected chi connectivity index (χ4v) is 2.94. The molecule has 0 saturated heterocycles. The third-order valence-electron chi connectivity index (χ3n) is 4.23. The van der Waals surface area contributed by atoms with Crippen molar-refractivity contribution in [2.24, 2.45) is 13.0 Å². The minimum absolute atomic E-state index is 0.185. The monoisotopic (exact) mass is 296 g/mol. The van der Waals surface area contributed by atoms with E-state index < -0.39 is 0 Å². The maximum Gasteiger partial charge on any atom is 0.252 e. The van der Waals surface area contributed by atoms with Crippen molar-refractivity contribution in [3.8, 4) is 0 Å². The Labute approximate surface area is 124 Å². The molecule has 1 aromatic heterocycles. The topological polar surface area (TPSA) is 51.1 Å². The van der Waals surface area contributed by atoms with Crippen LogP contribution in [0.3, 0.4) is 0 Å². The predicted octanol–water partition coefficient (Wildman–Crippen LogP) is 2.30. The van der Waals surface area contributed by atoms with Crippen LogP contribution in [-0.2, 0) is 7.05 Å². The summed E-state index contributed by atoms with van der Waals surface area (Å²) in [6, 6.07) is 3.02. The SMILES string of the molecule is CC1CCC(CCl)(NC(=O)c2ccn(C)c(=O)c2)CC1. The van der Waals surface area contributed by atoms with E-state index >= 15 is 0 Å². The number of aryl methyl sites for hydroxylation is 1. The van der Waals surface area contributed by atoms with E-state index in [1.165, 1.54) is 10.6 Å². The number of pyridine rings is 1. The molecule has 4 nitrogen and oxygen atoms in total. The summed E-state index contributed by atoms with van der Waals surface area (Å²) in [6.07, 6.45) is 5.54. The van der Waals surface area contributed by atoms with E-state index in [2.05, 4.69) is 12.2 Å². The first-order valence-electron chi connectivity index (χ1n) is 7.01. The van der Waals surface area contributed by atoms with Crippen molar-refractivity contribution in [3.63, 3.8) is 0 Å². The van der Waals surface area contributed by atoms with Gasteiger partial charge in [-0.25, -0.2) is 0 Å². The van der Waals surface area contributed by atoms with Crippen LogP contribution in [0.4, 0.5) is 0 Å². The fourth-order valence-electron chi connectivity index (χ4n) is 2.61. The van der Waals surface area contributed by atoms with E-state index in [1.807, 2.05) is 0 Å². The van der Waals surface area contributed by atoms with Crippen molar-refractivity contribution in [3.05, 3.63) is 34.2 Å². The quantitative estimate of drug-likeness (QED) is 0.870. The standard InChI is InChI=1S/C15H21ClN2O2/c1-11-3-6-15(10-16,7-4-11)17-14(20)12-5-8-18(2)13(19)9-12/h5,8-9,11H,3-4,6-7,10H2,1-2H3,(H,17,20). The highest BCUT2D eigenvalue weighted by Crippen LogP contribution is 2.33. The summed E-state index contributed by atoms with van der Waals surface area (Å²) in [4.78, 5) is 23.9.